The van der Waals surface area contributed by atoms with Gasteiger partial charge in [0.1, 0.15) is 6.54 Å². The van der Waals surface area contributed by atoms with Crippen molar-refractivity contribution in [3.63, 3.8) is 0 Å². The maximum atomic E-state index is 12.6. The summed E-state index contributed by atoms with van der Waals surface area (Å²) >= 11 is 0. The van der Waals surface area contributed by atoms with Gasteiger partial charge in [0.15, 0.2) is 6.04 Å². The molecule has 0 aliphatic rings. The molecule has 2 rings (SSSR count). The van der Waals surface area contributed by atoms with Crippen molar-refractivity contribution in [1.29, 1.82) is 0 Å². The largest absolute Gasteiger partial charge is 0.324 e. The highest BCUT2D eigenvalue weighted by Gasteiger charge is 2.23. The van der Waals surface area contributed by atoms with Gasteiger partial charge in [-0.1, -0.05) is 30.3 Å². The predicted molar refractivity (Wildman–Crippen MR) is 107 cm³/mol. The lowest BCUT2D eigenvalue weighted by atomic mass is 10.1. The number of quaternary nitrogens is 1. The molecule has 0 radical (unpaired) electrons. The quantitative estimate of drug-likeness (QED) is 0.748. The van der Waals surface area contributed by atoms with Crippen molar-refractivity contribution in [2.45, 2.75) is 31.3 Å². The molecule has 2 aromatic rings. The van der Waals surface area contributed by atoms with E-state index in [-0.39, 0.29) is 16.8 Å². The molecule has 0 saturated carbocycles. The number of amides is 1. The topological polar surface area (TPSA) is 70.9 Å². The lowest BCUT2D eigenvalue weighted by Crippen LogP contribution is -3.12. The minimum absolute atomic E-state index is 0.151. The first-order chi connectivity index (χ1) is 12.6. The first-order valence-electron chi connectivity index (χ1n) is 8.83. The van der Waals surface area contributed by atoms with E-state index in [2.05, 4.69) is 24.4 Å². The number of hydrogen-bond donors (Lipinski definition) is 2. The standard InChI is InChI=1S/C20H27N3O3S/c1-15-9-6-7-10-17(15)14-23(5)16(2)20(24)21-18-11-8-12-19(13-18)27(25,26)22(3)4/h6-13,16H,14H2,1-5H3,(H,21,24)/p+1/t16-/m1/s1. The van der Waals surface area contributed by atoms with Crippen LogP contribution in [0, 0.1) is 6.92 Å². The van der Waals surface area contributed by atoms with Gasteiger partial charge in [-0.2, -0.15) is 0 Å². The second-order valence-electron chi connectivity index (χ2n) is 6.98. The maximum Gasteiger partial charge on any atom is 0.282 e. The fourth-order valence-corrected chi connectivity index (χ4v) is 3.63. The van der Waals surface area contributed by atoms with Gasteiger partial charge in [0.25, 0.3) is 5.91 Å². The van der Waals surface area contributed by atoms with Crippen LogP contribution in [0.1, 0.15) is 18.1 Å². The fourth-order valence-electron chi connectivity index (χ4n) is 2.68. The summed E-state index contributed by atoms with van der Waals surface area (Å²) in [7, 11) is 1.39. The SMILES string of the molecule is Cc1ccccc1C[NH+](C)[C@H](C)C(=O)Nc1cccc(S(=O)(=O)N(C)C)c1. The van der Waals surface area contributed by atoms with Crippen molar-refractivity contribution in [3.8, 4) is 0 Å². The first kappa shape index (κ1) is 21.1. The highest BCUT2D eigenvalue weighted by molar-refractivity contribution is 7.89. The van der Waals surface area contributed by atoms with E-state index in [0.717, 1.165) is 15.7 Å². The summed E-state index contributed by atoms with van der Waals surface area (Å²) < 4.78 is 25.7. The zero-order chi connectivity index (χ0) is 20.2. The Labute approximate surface area is 161 Å². The van der Waals surface area contributed by atoms with E-state index < -0.39 is 10.0 Å². The van der Waals surface area contributed by atoms with Gasteiger partial charge in [-0.25, -0.2) is 12.7 Å². The number of likely N-dealkylation sites (N-methyl/N-ethyl adjacent to an activating group) is 1. The number of rotatable bonds is 7. The van der Waals surface area contributed by atoms with Gasteiger partial charge in [0.2, 0.25) is 10.0 Å². The number of carbonyl (C=O) groups is 1. The van der Waals surface area contributed by atoms with Crippen LogP contribution in [-0.2, 0) is 21.4 Å². The van der Waals surface area contributed by atoms with E-state index in [1.54, 1.807) is 12.1 Å². The zero-order valence-corrected chi connectivity index (χ0v) is 17.3. The van der Waals surface area contributed by atoms with Crippen molar-refractivity contribution in [2.24, 2.45) is 0 Å². The summed E-state index contributed by atoms with van der Waals surface area (Å²) in [6.45, 7) is 4.66. The fraction of sp³-hybridized carbons (Fsp3) is 0.350. The average molecular weight is 391 g/mol. The molecule has 0 heterocycles. The summed E-state index contributed by atoms with van der Waals surface area (Å²) in [5.41, 5.74) is 2.87. The van der Waals surface area contributed by atoms with Gasteiger partial charge in [0, 0.05) is 25.3 Å². The molecule has 6 nitrogen and oxygen atoms in total. The number of carbonyl (C=O) groups excluding carboxylic acids is 1. The Morgan fingerprint density at radius 1 is 1.15 bits per heavy atom. The number of benzene rings is 2. The molecule has 0 saturated heterocycles. The van der Waals surface area contributed by atoms with Crippen LogP contribution >= 0.6 is 0 Å². The summed E-state index contributed by atoms with van der Waals surface area (Å²) in [6, 6.07) is 14.1. The zero-order valence-electron chi connectivity index (χ0n) is 16.5. The molecular weight excluding hydrogens is 362 g/mol. The van der Waals surface area contributed by atoms with Crippen LogP contribution in [0.15, 0.2) is 53.4 Å². The third-order valence-corrected chi connectivity index (χ3v) is 6.55. The van der Waals surface area contributed by atoms with Gasteiger partial charge < -0.3 is 10.2 Å². The molecule has 0 fully saturated rings. The molecule has 0 bridgehead atoms. The van der Waals surface area contributed by atoms with E-state index in [4.69, 9.17) is 0 Å². The molecule has 0 aliphatic heterocycles. The van der Waals surface area contributed by atoms with Crippen LogP contribution in [0.5, 0.6) is 0 Å². The van der Waals surface area contributed by atoms with Crippen LogP contribution in [0.2, 0.25) is 0 Å². The highest BCUT2D eigenvalue weighted by Crippen LogP contribution is 2.18. The van der Waals surface area contributed by atoms with Crippen LogP contribution in [0.3, 0.4) is 0 Å². The number of hydrogen-bond acceptors (Lipinski definition) is 3. The van der Waals surface area contributed by atoms with E-state index >= 15 is 0 Å². The molecule has 2 N–H and O–H groups in total. The second kappa shape index (κ2) is 8.65. The van der Waals surface area contributed by atoms with E-state index in [1.165, 1.54) is 37.4 Å². The molecule has 0 aromatic heterocycles. The smallest absolute Gasteiger partial charge is 0.282 e. The van der Waals surface area contributed by atoms with E-state index in [9.17, 15) is 13.2 Å². The Bertz CT molecular complexity index is 910. The number of sulfonamides is 1. The van der Waals surface area contributed by atoms with Crippen molar-refractivity contribution in [2.75, 3.05) is 26.5 Å². The van der Waals surface area contributed by atoms with E-state index in [1.807, 2.05) is 26.1 Å². The molecule has 146 valence electrons. The third kappa shape index (κ3) is 5.15. The monoisotopic (exact) mass is 390 g/mol. The van der Waals surface area contributed by atoms with Crippen LogP contribution in [0.25, 0.3) is 0 Å². The summed E-state index contributed by atoms with van der Waals surface area (Å²) in [5, 5.41) is 2.83. The molecule has 7 heteroatoms. The highest BCUT2D eigenvalue weighted by atomic mass is 32.2. The Morgan fingerprint density at radius 3 is 2.44 bits per heavy atom. The summed E-state index contributed by atoms with van der Waals surface area (Å²) in [6.07, 6.45) is 0. The van der Waals surface area contributed by atoms with Gasteiger partial charge in [-0.3, -0.25) is 4.79 Å². The molecule has 0 spiro atoms. The number of nitrogens with one attached hydrogen (secondary N) is 2. The lowest BCUT2D eigenvalue weighted by Gasteiger charge is -2.22. The molecule has 1 amide bonds. The van der Waals surface area contributed by atoms with E-state index in [0.29, 0.717) is 5.69 Å². The van der Waals surface area contributed by atoms with Crippen molar-refractivity contribution >= 4 is 21.6 Å². The van der Waals surface area contributed by atoms with Crippen molar-refractivity contribution in [3.05, 3.63) is 59.7 Å². The Morgan fingerprint density at radius 2 is 1.81 bits per heavy atom. The summed E-state index contributed by atoms with van der Waals surface area (Å²) in [4.78, 5) is 13.8. The second-order valence-corrected chi connectivity index (χ2v) is 9.13. The average Bonchev–Trinajstić information content (AvgIpc) is 2.63. The lowest BCUT2D eigenvalue weighted by molar-refractivity contribution is -0.907. The Balaban J connectivity index is 2.09. The number of nitrogens with zero attached hydrogens (tertiary/aromatic N) is 1. The normalized spacial score (nSPS) is 14.0. The van der Waals surface area contributed by atoms with Crippen LogP contribution < -0.4 is 10.2 Å². The van der Waals surface area contributed by atoms with Crippen molar-refractivity contribution in [1.82, 2.24) is 4.31 Å². The Kier molecular flexibility index (Phi) is 6.75. The maximum absolute atomic E-state index is 12.6. The number of aryl methyl sites for hydroxylation is 1. The Hall–Kier alpha value is -2.22. The first-order valence-corrected chi connectivity index (χ1v) is 10.3. The predicted octanol–water partition coefficient (Wildman–Crippen LogP) is 1.29. The molecule has 0 aliphatic carbocycles. The molecular formula is C20H28N3O3S+. The van der Waals surface area contributed by atoms with Crippen molar-refractivity contribution < 1.29 is 18.1 Å². The van der Waals surface area contributed by atoms with Gasteiger partial charge in [0.05, 0.1) is 11.9 Å². The molecule has 27 heavy (non-hydrogen) atoms. The molecule has 2 atom stereocenters. The van der Waals surface area contributed by atoms with Crippen LogP contribution in [0.4, 0.5) is 5.69 Å². The van der Waals surface area contributed by atoms with Gasteiger partial charge in [-0.05, 0) is 37.6 Å². The molecule has 2 aromatic carbocycles. The number of anilines is 1. The molecule has 1 unspecified atom stereocenters. The minimum atomic E-state index is -3.54. The van der Waals surface area contributed by atoms with Gasteiger partial charge in [-0.15, -0.1) is 0 Å². The third-order valence-electron chi connectivity index (χ3n) is 4.74. The minimum Gasteiger partial charge on any atom is -0.324 e. The van der Waals surface area contributed by atoms with Gasteiger partial charge >= 0.3 is 0 Å². The van der Waals surface area contributed by atoms with Crippen LogP contribution in [-0.4, -0.2) is 45.8 Å². The summed E-state index contributed by atoms with van der Waals surface area (Å²) in [5.74, 6) is -0.152.